The molecule has 2 rings (SSSR count). The molecule has 4 heteroatoms. The molecule has 1 aliphatic heterocycles. The van der Waals surface area contributed by atoms with Crippen molar-refractivity contribution in [1.29, 1.82) is 0 Å². The molecule has 4 nitrogen and oxygen atoms in total. The molecule has 1 heterocycles. The fourth-order valence-electron chi connectivity index (χ4n) is 2.67. The number of hydrogen-bond donors (Lipinski definition) is 1. The van der Waals surface area contributed by atoms with Gasteiger partial charge in [-0.2, -0.15) is 0 Å². The van der Waals surface area contributed by atoms with E-state index in [0.29, 0.717) is 0 Å². The van der Waals surface area contributed by atoms with Crippen molar-refractivity contribution in [3.63, 3.8) is 0 Å². The molecule has 0 amide bonds. The largest absolute Gasteiger partial charge is 0.461 e. The van der Waals surface area contributed by atoms with Crippen molar-refractivity contribution in [2.75, 3.05) is 13.7 Å². The first-order valence-electron chi connectivity index (χ1n) is 6.76. The standard InChI is InChI=1S/C13H23NO3/c1-16-11-8-12(14-9-11)13(15)17-10-6-4-2-3-5-7-10/h10-12,14H,2-9H2,1H3. The molecule has 2 aliphatic rings. The summed E-state index contributed by atoms with van der Waals surface area (Å²) in [5.41, 5.74) is 0. The monoisotopic (exact) mass is 241 g/mol. The van der Waals surface area contributed by atoms with Gasteiger partial charge >= 0.3 is 5.97 Å². The van der Waals surface area contributed by atoms with Crippen molar-refractivity contribution in [1.82, 2.24) is 5.32 Å². The molecule has 0 aromatic heterocycles. The summed E-state index contributed by atoms with van der Waals surface area (Å²) in [6.45, 7) is 0.751. The Hall–Kier alpha value is -0.610. The predicted octanol–water partition coefficient (Wildman–Crippen LogP) is 1.63. The highest BCUT2D eigenvalue weighted by Crippen LogP contribution is 2.21. The second-order valence-corrected chi connectivity index (χ2v) is 5.10. The molecular formula is C13H23NO3. The Kier molecular flexibility index (Phi) is 4.80. The summed E-state index contributed by atoms with van der Waals surface area (Å²) in [4.78, 5) is 11.9. The summed E-state index contributed by atoms with van der Waals surface area (Å²) < 4.78 is 10.8. The van der Waals surface area contributed by atoms with E-state index in [-0.39, 0.29) is 24.2 Å². The second-order valence-electron chi connectivity index (χ2n) is 5.10. The van der Waals surface area contributed by atoms with E-state index in [9.17, 15) is 4.79 Å². The van der Waals surface area contributed by atoms with Gasteiger partial charge in [0.05, 0.1) is 6.10 Å². The van der Waals surface area contributed by atoms with Crippen LogP contribution in [-0.2, 0) is 14.3 Å². The molecule has 1 saturated carbocycles. The Labute approximate surface area is 103 Å². The molecule has 0 spiro atoms. The van der Waals surface area contributed by atoms with Crippen molar-refractivity contribution >= 4 is 5.97 Å². The molecular weight excluding hydrogens is 218 g/mol. The van der Waals surface area contributed by atoms with Crippen LogP contribution in [0.15, 0.2) is 0 Å². The topological polar surface area (TPSA) is 47.6 Å². The molecule has 2 unspecified atom stereocenters. The number of hydrogen-bond acceptors (Lipinski definition) is 4. The lowest BCUT2D eigenvalue weighted by atomic mass is 10.1. The minimum Gasteiger partial charge on any atom is -0.461 e. The first kappa shape index (κ1) is 12.8. The lowest BCUT2D eigenvalue weighted by Gasteiger charge is -2.18. The Morgan fingerprint density at radius 3 is 2.41 bits per heavy atom. The van der Waals surface area contributed by atoms with Crippen molar-refractivity contribution in [2.24, 2.45) is 0 Å². The summed E-state index contributed by atoms with van der Waals surface area (Å²) in [7, 11) is 1.69. The molecule has 1 aliphatic carbocycles. The summed E-state index contributed by atoms with van der Waals surface area (Å²) in [5.74, 6) is -0.0866. The summed E-state index contributed by atoms with van der Waals surface area (Å²) in [6.07, 6.45) is 8.05. The van der Waals surface area contributed by atoms with Gasteiger partial charge in [0.15, 0.2) is 0 Å². The number of carbonyl (C=O) groups excluding carboxylic acids is 1. The molecule has 17 heavy (non-hydrogen) atoms. The van der Waals surface area contributed by atoms with E-state index < -0.39 is 0 Å². The van der Waals surface area contributed by atoms with Crippen LogP contribution in [-0.4, -0.2) is 37.9 Å². The lowest BCUT2D eigenvalue weighted by molar-refractivity contribution is -0.152. The number of nitrogens with one attached hydrogen (secondary N) is 1. The van der Waals surface area contributed by atoms with E-state index in [4.69, 9.17) is 9.47 Å². The van der Waals surface area contributed by atoms with E-state index in [1.165, 1.54) is 25.7 Å². The van der Waals surface area contributed by atoms with Gasteiger partial charge in [-0.05, 0) is 25.7 Å². The molecule has 0 radical (unpaired) electrons. The SMILES string of the molecule is COC1CNC(C(=O)OC2CCCCCC2)C1. The van der Waals surface area contributed by atoms with Gasteiger partial charge in [0.1, 0.15) is 12.1 Å². The predicted molar refractivity (Wildman–Crippen MR) is 64.8 cm³/mol. The quantitative estimate of drug-likeness (QED) is 0.602. The fourth-order valence-corrected chi connectivity index (χ4v) is 2.67. The first-order chi connectivity index (χ1) is 8.29. The first-order valence-corrected chi connectivity index (χ1v) is 6.76. The molecule has 2 fully saturated rings. The number of carbonyl (C=O) groups is 1. The van der Waals surface area contributed by atoms with E-state index in [2.05, 4.69) is 5.32 Å². The van der Waals surface area contributed by atoms with Crippen LogP contribution in [0.1, 0.15) is 44.9 Å². The third-order valence-electron chi connectivity index (χ3n) is 3.79. The molecule has 0 aromatic rings. The van der Waals surface area contributed by atoms with E-state index in [1.54, 1.807) is 7.11 Å². The van der Waals surface area contributed by atoms with Crippen molar-refractivity contribution in [2.45, 2.75) is 63.2 Å². The normalized spacial score (nSPS) is 31.1. The second kappa shape index (κ2) is 6.36. The molecule has 98 valence electrons. The molecule has 2 atom stereocenters. The summed E-state index contributed by atoms with van der Waals surface area (Å²) in [6, 6.07) is -0.164. The number of ether oxygens (including phenoxy) is 2. The maximum atomic E-state index is 11.9. The van der Waals surface area contributed by atoms with Crippen molar-refractivity contribution in [3.8, 4) is 0 Å². The maximum Gasteiger partial charge on any atom is 0.323 e. The number of rotatable bonds is 3. The van der Waals surface area contributed by atoms with Gasteiger partial charge in [0.2, 0.25) is 0 Å². The molecule has 1 N–H and O–H groups in total. The van der Waals surface area contributed by atoms with Crippen LogP contribution in [0, 0.1) is 0 Å². The van der Waals surface area contributed by atoms with E-state index in [0.717, 1.165) is 25.8 Å². The van der Waals surface area contributed by atoms with Gasteiger partial charge < -0.3 is 14.8 Å². The molecule has 0 aromatic carbocycles. The van der Waals surface area contributed by atoms with Crippen molar-refractivity contribution < 1.29 is 14.3 Å². The zero-order valence-corrected chi connectivity index (χ0v) is 10.6. The number of esters is 1. The third kappa shape index (κ3) is 3.68. The van der Waals surface area contributed by atoms with E-state index >= 15 is 0 Å². The van der Waals surface area contributed by atoms with Crippen LogP contribution in [0.2, 0.25) is 0 Å². The summed E-state index contributed by atoms with van der Waals surface area (Å²) >= 11 is 0. The Bertz CT molecular complexity index is 249. The van der Waals surface area contributed by atoms with Gasteiger partial charge in [-0.1, -0.05) is 12.8 Å². The van der Waals surface area contributed by atoms with Gasteiger partial charge in [0.25, 0.3) is 0 Å². The Morgan fingerprint density at radius 1 is 1.12 bits per heavy atom. The third-order valence-corrected chi connectivity index (χ3v) is 3.79. The van der Waals surface area contributed by atoms with Crippen LogP contribution in [0.3, 0.4) is 0 Å². The Balaban J connectivity index is 1.76. The Morgan fingerprint density at radius 2 is 1.82 bits per heavy atom. The zero-order chi connectivity index (χ0) is 12.1. The molecule has 0 bridgehead atoms. The highest BCUT2D eigenvalue weighted by Gasteiger charge is 2.31. The van der Waals surface area contributed by atoms with Gasteiger partial charge in [-0.15, -0.1) is 0 Å². The minimum absolute atomic E-state index is 0.0866. The minimum atomic E-state index is -0.164. The van der Waals surface area contributed by atoms with Crippen LogP contribution < -0.4 is 5.32 Å². The highest BCUT2D eigenvalue weighted by molar-refractivity contribution is 5.76. The average Bonchev–Trinajstić information content (AvgIpc) is 2.68. The van der Waals surface area contributed by atoms with Gasteiger partial charge in [-0.3, -0.25) is 4.79 Å². The van der Waals surface area contributed by atoms with Crippen LogP contribution in [0.5, 0.6) is 0 Å². The average molecular weight is 241 g/mol. The zero-order valence-electron chi connectivity index (χ0n) is 10.6. The van der Waals surface area contributed by atoms with Crippen LogP contribution in [0.4, 0.5) is 0 Å². The van der Waals surface area contributed by atoms with Gasteiger partial charge in [0, 0.05) is 20.1 Å². The van der Waals surface area contributed by atoms with Crippen LogP contribution >= 0.6 is 0 Å². The fraction of sp³-hybridized carbons (Fsp3) is 0.923. The highest BCUT2D eigenvalue weighted by atomic mass is 16.5. The smallest absolute Gasteiger partial charge is 0.323 e. The summed E-state index contributed by atoms with van der Waals surface area (Å²) in [5, 5.41) is 3.16. The van der Waals surface area contributed by atoms with Crippen molar-refractivity contribution in [3.05, 3.63) is 0 Å². The van der Waals surface area contributed by atoms with Crippen LogP contribution in [0.25, 0.3) is 0 Å². The molecule has 1 saturated heterocycles. The van der Waals surface area contributed by atoms with Gasteiger partial charge in [-0.25, -0.2) is 0 Å². The van der Waals surface area contributed by atoms with E-state index in [1.807, 2.05) is 0 Å². The maximum absolute atomic E-state index is 11.9. The lowest BCUT2D eigenvalue weighted by Crippen LogP contribution is -2.34. The number of methoxy groups -OCH3 is 1.